The molecule has 0 heteroatoms. The smallest absolute Gasteiger partial charge is 0.0166 e. The third-order valence-corrected chi connectivity index (χ3v) is 1.81. The van der Waals surface area contributed by atoms with Crippen LogP contribution in [0.1, 0.15) is 32.1 Å². The highest BCUT2D eigenvalue weighted by atomic mass is 13.9. The lowest BCUT2D eigenvalue weighted by Gasteiger charge is -1.90. The molecule has 1 aliphatic rings. The number of rotatable bonds is 0. The molecule has 0 heterocycles. The van der Waals surface area contributed by atoms with Crippen LogP contribution in [0.25, 0.3) is 0 Å². The Morgan fingerprint density at radius 1 is 0.636 bits per heavy atom. The fourth-order valence-electron chi connectivity index (χ4n) is 1.15. The molecule has 0 radical (unpaired) electrons. The highest BCUT2D eigenvalue weighted by Gasteiger charge is 1.83. The third kappa shape index (κ3) is 4.60. The van der Waals surface area contributed by atoms with Crippen LogP contribution in [0.3, 0.4) is 0 Å². The second-order valence-electron chi connectivity index (χ2n) is 2.85. The second kappa shape index (κ2) is 5.96. The first-order valence-electron chi connectivity index (χ1n) is 4.47. The minimum absolute atomic E-state index is 1.09. The molecule has 0 N–H and O–H groups in total. The van der Waals surface area contributed by atoms with Crippen molar-refractivity contribution in [3.05, 3.63) is 36.5 Å². The SMILES string of the molecule is C1=C/C/C=C/CCCC/C=C/1. The van der Waals surface area contributed by atoms with E-state index in [4.69, 9.17) is 0 Å². The fourth-order valence-corrected chi connectivity index (χ4v) is 1.15. The van der Waals surface area contributed by atoms with Crippen LogP contribution in [0.15, 0.2) is 36.5 Å². The fraction of sp³-hybridized carbons (Fsp3) is 0.455. The standard InChI is InChI=1S/C11H16/c1-2-4-6-8-10-11-9-7-5-3-1/h1-4,7,9H,5-6,8,10-11H2/b3-1+,4-2+,9-7+. The molecule has 11 heavy (non-hydrogen) atoms. The van der Waals surface area contributed by atoms with Gasteiger partial charge in [-0.15, -0.1) is 0 Å². The van der Waals surface area contributed by atoms with Gasteiger partial charge in [0.15, 0.2) is 0 Å². The van der Waals surface area contributed by atoms with Crippen LogP contribution >= 0.6 is 0 Å². The zero-order valence-electron chi connectivity index (χ0n) is 7.00. The van der Waals surface area contributed by atoms with Crippen LogP contribution < -0.4 is 0 Å². The van der Waals surface area contributed by atoms with Gasteiger partial charge in [0.25, 0.3) is 0 Å². The second-order valence-corrected chi connectivity index (χ2v) is 2.85. The Bertz CT molecular complexity index is 161. The van der Waals surface area contributed by atoms with Gasteiger partial charge in [-0.25, -0.2) is 0 Å². The first-order chi connectivity index (χ1) is 5.50. The Labute approximate surface area is 69.3 Å². The van der Waals surface area contributed by atoms with Crippen molar-refractivity contribution in [3.63, 3.8) is 0 Å². The summed E-state index contributed by atoms with van der Waals surface area (Å²) >= 11 is 0. The van der Waals surface area contributed by atoms with Crippen molar-refractivity contribution in [2.45, 2.75) is 32.1 Å². The molecular formula is C11H16. The molecule has 0 fully saturated rings. The Morgan fingerprint density at radius 3 is 2.27 bits per heavy atom. The van der Waals surface area contributed by atoms with Crippen LogP contribution in [0.4, 0.5) is 0 Å². The number of allylic oxidation sites excluding steroid dienone is 6. The quantitative estimate of drug-likeness (QED) is 0.460. The summed E-state index contributed by atoms with van der Waals surface area (Å²) in [5.74, 6) is 0. The van der Waals surface area contributed by atoms with Crippen LogP contribution in [-0.4, -0.2) is 0 Å². The summed E-state index contributed by atoms with van der Waals surface area (Å²) in [6, 6.07) is 0. The van der Waals surface area contributed by atoms with E-state index in [-0.39, 0.29) is 0 Å². The molecule has 0 spiro atoms. The zero-order valence-corrected chi connectivity index (χ0v) is 7.00. The van der Waals surface area contributed by atoms with E-state index in [0.29, 0.717) is 0 Å². The Morgan fingerprint density at radius 2 is 1.36 bits per heavy atom. The van der Waals surface area contributed by atoms with Gasteiger partial charge in [-0.3, -0.25) is 0 Å². The molecule has 0 aliphatic heterocycles. The summed E-state index contributed by atoms with van der Waals surface area (Å²) < 4.78 is 0. The minimum atomic E-state index is 1.09. The summed E-state index contributed by atoms with van der Waals surface area (Å²) in [6.45, 7) is 0. The van der Waals surface area contributed by atoms with Gasteiger partial charge in [0.2, 0.25) is 0 Å². The highest BCUT2D eigenvalue weighted by Crippen LogP contribution is 2.03. The number of hydrogen-bond donors (Lipinski definition) is 0. The molecule has 0 saturated carbocycles. The van der Waals surface area contributed by atoms with Gasteiger partial charge in [0.1, 0.15) is 0 Å². The molecule has 0 nitrogen and oxygen atoms in total. The van der Waals surface area contributed by atoms with Gasteiger partial charge in [0.05, 0.1) is 0 Å². The van der Waals surface area contributed by atoms with Gasteiger partial charge < -0.3 is 0 Å². The van der Waals surface area contributed by atoms with Crippen molar-refractivity contribution in [1.82, 2.24) is 0 Å². The van der Waals surface area contributed by atoms with Gasteiger partial charge in [-0.05, 0) is 32.1 Å². The van der Waals surface area contributed by atoms with Crippen LogP contribution in [0.2, 0.25) is 0 Å². The maximum absolute atomic E-state index is 2.29. The highest BCUT2D eigenvalue weighted by molar-refractivity contribution is 5.05. The topological polar surface area (TPSA) is 0 Å². The molecule has 0 aromatic rings. The van der Waals surface area contributed by atoms with E-state index in [1.54, 1.807) is 0 Å². The van der Waals surface area contributed by atoms with E-state index in [2.05, 4.69) is 36.5 Å². The average Bonchev–Trinajstić information content (AvgIpc) is 2.08. The molecule has 60 valence electrons. The lowest BCUT2D eigenvalue weighted by molar-refractivity contribution is 0.761. The van der Waals surface area contributed by atoms with Crippen molar-refractivity contribution in [2.24, 2.45) is 0 Å². The van der Waals surface area contributed by atoms with Gasteiger partial charge >= 0.3 is 0 Å². The van der Waals surface area contributed by atoms with Crippen molar-refractivity contribution >= 4 is 0 Å². The van der Waals surface area contributed by atoms with Crippen molar-refractivity contribution in [3.8, 4) is 0 Å². The van der Waals surface area contributed by atoms with Crippen molar-refractivity contribution < 1.29 is 0 Å². The van der Waals surface area contributed by atoms with E-state index in [1.807, 2.05) is 0 Å². The lowest BCUT2D eigenvalue weighted by atomic mass is 10.2. The monoisotopic (exact) mass is 148 g/mol. The summed E-state index contributed by atoms with van der Waals surface area (Å²) in [4.78, 5) is 0. The molecule has 0 bridgehead atoms. The first kappa shape index (κ1) is 8.32. The van der Waals surface area contributed by atoms with Gasteiger partial charge in [0, 0.05) is 0 Å². The van der Waals surface area contributed by atoms with E-state index in [0.717, 1.165) is 6.42 Å². The van der Waals surface area contributed by atoms with E-state index < -0.39 is 0 Å². The van der Waals surface area contributed by atoms with Crippen molar-refractivity contribution in [1.29, 1.82) is 0 Å². The van der Waals surface area contributed by atoms with E-state index in [9.17, 15) is 0 Å². The molecule has 0 saturated heterocycles. The van der Waals surface area contributed by atoms with Crippen LogP contribution in [-0.2, 0) is 0 Å². The van der Waals surface area contributed by atoms with Gasteiger partial charge in [-0.1, -0.05) is 36.5 Å². The normalized spacial score (nSPS) is 28.4. The number of hydrogen-bond acceptors (Lipinski definition) is 0. The third-order valence-electron chi connectivity index (χ3n) is 1.81. The van der Waals surface area contributed by atoms with Gasteiger partial charge in [-0.2, -0.15) is 0 Å². The predicted molar refractivity (Wildman–Crippen MR) is 50.5 cm³/mol. The maximum atomic E-state index is 2.29. The average molecular weight is 148 g/mol. The summed E-state index contributed by atoms with van der Waals surface area (Å²) in [5, 5.41) is 0. The van der Waals surface area contributed by atoms with Crippen LogP contribution in [0.5, 0.6) is 0 Å². The molecule has 1 rings (SSSR count). The summed E-state index contributed by atoms with van der Waals surface area (Å²) in [6.07, 6.45) is 19.5. The minimum Gasteiger partial charge on any atom is -0.0882 e. The Hall–Kier alpha value is -0.780. The molecule has 0 aromatic carbocycles. The first-order valence-corrected chi connectivity index (χ1v) is 4.47. The largest absolute Gasteiger partial charge is 0.0882 e. The molecule has 0 aromatic heterocycles. The molecular weight excluding hydrogens is 132 g/mol. The Kier molecular flexibility index (Phi) is 4.51. The lowest BCUT2D eigenvalue weighted by Crippen LogP contribution is -1.71. The molecule has 1 aliphatic carbocycles. The summed E-state index contributed by atoms with van der Waals surface area (Å²) in [5.41, 5.74) is 0. The predicted octanol–water partition coefficient (Wildman–Crippen LogP) is 3.62. The van der Waals surface area contributed by atoms with E-state index >= 15 is 0 Å². The molecule has 0 amide bonds. The maximum Gasteiger partial charge on any atom is -0.0166 e. The Balaban J connectivity index is 2.35. The van der Waals surface area contributed by atoms with Crippen LogP contribution in [0, 0.1) is 0 Å². The van der Waals surface area contributed by atoms with E-state index in [1.165, 1.54) is 25.7 Å². The zero-order chi connectivity index (χ0) is 7.78. The molecule has 0 unspecified atom stereocenters. The van der Waals surface area contributed by atoms with Crippen molar-refractivity contribution in [2.75, 3.05) is 0 Å². The molecule has 0 atom stereocenters. The summed E-state index contributed by atoms with van der Waals surface area (Å²) in [7, 11) is 0.